The van der Waals surface area contributed by atoms with Gasteiger partial charge in [-0.3, -0.25) is 14.7 Å². The van der Waals surface area contributed by atoms with Crippen molar-refractivity contribution in [2.45, 2.75) is 40.0 Å². The van der Waals surface area contributed by atoms with E-state index in [1.165, 1.54) is 0 Å². The highest BCUT2D eigenvalue weighted by atomic mass is 31.2. The molecular formula is C9H23N2OP. The van der Waals surface area contributed by atoms with Gasteiger partial charge in [-0.25, -0.2) is 0 Å². The molecule has 0 heterocycles. The Labute approximate surface area is 82.2 Å². The average molecular weight is 206 g/mol. The summed E-state index contributed by atoms with van der Waals surface area (Å²) in [6.07, 6.45) is 3.93. The smallest absolute Gasteiger partial charge is 0.211 e. The first kappa shape index (κ1) is 13.2. The van der Waals surface area contributed by atoms with Crippen LogP contribution >= 0.6 is 7.44 Å². The van der Waals surface area contributed by atoms with Crippen molar-refractivity contribution in [3.63, 3.8) is 0 Å². The molecule has 2 N–H and O–H groups in total. The van der Waals surface area contributed by atoms with Gasteiger partial charge in [0, 0.05) is 12.7 Å². The largest absolute Gasteiger partial charge is 0.289 e. The number of nitrogens with one attached hydrogen (secondary N) is 2. The molecule has 0 rings (SSSR count). The minimum absolute atomic E-state index is 0.775. The third-order valence-electron chi connectivity index (χ3n) is 1.86. The normalized spacial score (nSPS) is 15.6. The van der Waals surface area contributed by atoms with E-state index in [2.05, 4.69) is 24.0 Å². The van der Waals surface area contributed by atoms with Crippen LogP contribution in [-0.4, -0.2) is 19.3 Å². The van der Waals surface area contributed by atoms with Crippen LogP contribution in [0.4, 0.5) is 0 Å². The van der Waals surface area contributed by atoms with Crippen LogP contribution in [0, 0.1) is 0 Å². The zero-order valence-electron chi connectivity index (χ0n) is 9.10. The van der Waals surface area contributed by atoms with Crippen molar-refractivity contribution in [1.82, 2.24) is 10.2 Å². The van der Waals surface area contributed by atoms with E-state index in [1.807, 2.05) is 6.92 Å². The van der Waals surface area contributed by atoms with Crippen molar-refractivity contribution in [2.24, 2.45) is 0 Å². The molecule has 0 aliphatic heterocycles. The molecule has 0 aliphatic carbocycles. The van der Waals surface area contributed by atoms with Crippen molar-refractivity contribution in [3.8, 4) is 0 Å². The van der Waals surface area contributed by atoms with Crippen LogP contribution < -0.4 is 10.2 Å². The van der Waals surface area contributed by atoms with Crippen LogP contribution in [0.1, 0.15) is 40.0 Å². The minimum atomic E-state index is -2.25. The van der Waals surface area contributed by atoms with Crippen LogP contribution in [0.5, 0.6) is 0 Å². The number of unbranched alkanes of at least 4 members (excludes halogenated alkanes) is 1. The summed E-state index contributed by atoms with van der Waals surface area (Å²) >= 11 is 0. The van der Waals surface area contributed by atoms with Gasteiger partial charge in [0.25, 0.3) is 0 Å². The summed E-state index contributed by atoms with van der Waals surface area (Å²) in [5.41, 5.74) is 0. The van der Waals surface area contributed by atoms with E-state index in [9.17, 15) is 4.57 Å². The Morgan fingerprint density at radius 3 is 2.23 bits per heavy atom. The number of hydrogen-bond acceptors (Lipinski definition) is 1. The predicted molar refractivity (Wildman–Crippen MR) is 59.4 cm³/mol. The summed E-state index contributed by atoms with van der Waals surface area (Å²) in [5, 5.41) is 6.20. The van der Waals surface area contributed by atoms with Crippen molar-refractivity contribution < 1.29 is 4.57 Å². The lowest BCUT2D eigenvalue weighted by atomic mass is 10.4. The molecule has 0 saturated heterocycles. The standard InChI is InChI=1S/C9H23N2OP/c1-4-7-9-13(12,10-6-3)11-8-5-2/h4-9H2,1-3H3,(H2,10,11,12). The van der Waals surface area contributed by atoms with Gasteiger partial charge in [0.05, 0.1) is 0 Å². The maximum absolute atomic E-state index is 12.1. The van der Waals surface area contributed by atoms with Crippen molar-refractivity contribution in [1.29, 1.82) is 0 Å². The maximum atomic E-state index is 12.1. The van der Waals surface area contributed by atoms with E-state index in [4.69, 9.17) is 0 Å². The topological polar surface area (TPSA) is 41.1 Å². The molecule has 4 heteroatoms. The SMILES string of the molecule is CCCCP(=O)(NCC)NCCC. The molecule has 0 saturated carbocycles. The van der Waals surface area contributed by atoms with Gasteiger partial charge in [-0.15, -0.1) is 0 Å². The molecular weight excluding hydrogens is 183 g/mol. The molecule has 1 atom stereocenters. The molecule has 0 radical (unpaired) electrons. The van der Waals surface area contributed by atoms with Crippen molar-refractivity contribution in [3.05, 3.63) is 0 Å². The van der Waals surface area contributed by atoms with Crippen LogP contribution in [0.15, 0.2) is 0 Å². The second-order valence-electron chi connectivity index (χ2n) is 3.24. The molecule has 1 unspecified atom stereocenters. The molecule has 0 aromatic carbocycles. The number of hydrogen-bond donors (Lipinski definition) is 2. The summed E-state index contributed by atoms with van der Waals surface area (Å²) < 4.78 is 12.1. The van der Waals surface area contributed by atoms with Gasteiger partial charge in [0.15, 0.2) is 0 Å². The first-order valence-electron chi connectivity index (χ1n) is 5.27. The molecule has 3 nitrogen and oxygen atoms in total. The summed E-state index contributed by atoms with van der Waals surface area (Å²) in [6, 6.07) is 0. The second-order valence-corrected chi connectivity index (χ2v) is 5.80. The maximum Gasteiger partial charge on any atom is 0.211 e. The molecule has 13 heavy (non-hydrogen) atoms. The fourth-order valence-corrected chi connectivity index (χ4v) is 3.43. The Morgan fingerprint density at radius 1 is 1.08 bits per heavy atom. The lowest BCUT2D eigenvalue weighted by Crippen LogP contribution is -2.25. The lowest BCUT2D eigenvalue weighted by molar-refractivity contribution is 0.550. The summed E-state index contributed by atoms with van der Waals surface area (Å²) in [4.78, 5) is 0. The molecule has 0 aromatic heterocycles. The van der Waals surface area contributed by atoms with Gasteiger partial charge in [-0.05, 0) is 19.4 Å². The van der Waals surface area contributed by atoms with E-state index >= 15 is 0 Å². The van der Waals surface area contributed by atoms with Gasteiger partial charge < -0.3 is 0 Å². The summed E-state index contributed by atoms with van der Waals surface area (Å²) in [5.74, 6) is 0. The molecule has 0 aromatic rings. The second kappa shape index (κ2) is 7.54. The molecule has 80 valence electrons. The molecule has 0 spiro atoms. The zero-order chi connectivity index (χ0) is 10.2. The van der Waals surface area contributed by atoms with E-state index in [0.29, 0.717) is 0 Å². The van der Waals surface area contributed by atoms with Gasteiger partial charge in [0.1, 0.15) is 0 Å². The van der Waals surface area contributed by atoms with E-state index in [1.54, 1.807) is 0 Å². The van der Waals surface area contributed by atoms with Crippen molar-refractivity contribution in [2.75, 3.05) is 19.3 Å². The third kappa shape index (κ3) is 6.25. The van der Waals surface area contributed by atoms with Gasteiger partial charge in [-0.2, -0.15) is 0 Å². The third-order valence-corrected chi connectivity index (χ3v) is 4.36. The van der Waals surface area contributed by atoms with Crippen LogP contribution in [0.3, 0.4) is 0 Å². The van der Waals surface area contributed by atoms with Crippen LogP contribution in [0.25, 0.3) is 0 Å². The average Bonchev–Trinajstić information content (AvgIpc) is 2.12. The summed E-state index contributed by atoms with van der Waals surface area (Å²) in [6.45, 7) is 7.82. The zero-order valence-corrected chi connectivity index (χ0v) is 9.99. The van der Waals surface area contributed by atoms with Gasteiger partial charge in [-0.1, -0.05) is 27.2 Å². The fraction of sp³-hybridized carbons (Fsp3) is 1.00. The van der Waals surface area contributed by atoms with Crippen molar-refractivity contribution >= 4 is 7.44 Å². The van der Waals surface area contributed by atoms with Gasteiger partial charge >= 0.3 is 0 Å². The predicted octanol–water partition coefficient (Wildman–Crippen LogP) is 2.59. The molecule has 0 amide bonds. The molecule has 0 bridgehead atoms. The molecule has 0 aliphatic rings. The quantitative estimate of drug-likeness (QED) is 0.600. The summed E-state index contributed by atoms with van der Waals surface area (Å²) in [7, 11) is -2.25. The van der Waals surface area contributed by atoms with Crippen LogP contribution in [-0.2, 0) is 4.57 Å². The highest BCUT2D eigenvalue weighted by Gasteiger charge is 2.17. The Kier molecular flexibility index (Phi) is 7.63. The minimum Gasteiger partial charge on any atom is -0.289 e. The van der Waals surface area contributed by atoms with Crippen LogP contribution in [0.2, 0.25) is 0 Å². The monoisotopic (exact) mass is 206 g/mol. The van der Waals surface area contributed by atoms with Gasteiger partial charge in [0.2, 0.25) is 7.44 Å². The fourth-order valence-electron chi connectivity index (χ4n) is 1.14. The van der Waals surface area contributed by atoms with E-state index in [0.717, 1.165) is 38.5 Å². The highest BCUT2D eigenvalue weighted by Crippen LogP contribution is 2.36. The first-order chi connectivity index (χ1) is 6.18. The molecule has 0 fully saturated rings. The highest BCUT2D eigenvalue weighted by molar-refractivity contribution is 7.59. The lowest BCUT2D eigenvalue weighted by Gasteiger charge is -2.19. The Hall–Kier alpha value is 0.150. The Balaban J connectivity index is 3.92. The Bertz CT molecular complexity index is 150. The first-order valence-corrected chi connectivity index (χ1v) is 7.17. The van der Waals surface area contributed by atoms with E-state index < -0.39 is 7.44 Å². The Morgan fingerprint density at radius 2 is 1.77 bits per heavy atom. The van der Waals surface area contributed by atoms with E-state index in [-0.39, 0.29) is 0 Å². The number of rotatable bonds is 8.